The Kier molecular flexibility index (Phi) is 8.86. The highest BCUT2D eigenvalue weighted by atomic mass is 127. The van der Waals surface area contributed by atoms with Crippen LogP contribution in [-0.2, 0) is 22.9 Å². The van der Waals surface area contributed by atoms with Crippen molar-refractivity contribution in [3.05, 3.63) is 58.8 Å². The predicted molar refractivity (Wildman–Crippen MR) is 131 cm³/mol. The van der Waals surface area contributed by atoms with Crippen LogP contribution in [0.1, 0.15) is 23.7 Å². The van der Waals surface area contributed by atoms with Gasteiger partial charge in [0.1, 0.15) is 6.26 Å². The fourth-order valence-electron chi connectivity index (χ4n) is 2.81. The van der Waals surface area contributed by atoms with Gasteiger partial charge in [0.2, 0.25) is 5.89 Å². The lowest BCUT2D eigenvalue weighted by Crippen LogP contribution is -2.36. The monoisotopic (exact) mass is 560 g/mol. The van der Waals surface area contributed by atoms with E-state index in [-0.39, 0.29) is 24.0 Å². The average Bonchev–Trinajstić information content (AvgIpc) is 3.34. The van der Waals surface area contributed by atoms with Gasteiger partial charge in [0.15, 0.2) is 15.8 Å². The van der Waals surface area contributed by atoms with Crippen LogP contribution < -0.4 is 10.6 Å². The van der Waals surface area contributed by atoms with Crippen molar-refractivity contribution in [2.75, 3.05) is 12.8 Å². The summed E-state index contributed by atoms with van der Waals surface area (Å²) >= 11 is 1.58. The summed E-state index contributed by atoms with van der Waals surface area (Å²) in [5.41, 5.74) is 2.45. The highest BCUT2D eigenvalue weighted by molar-refractivity contribution is 14.0. The fourth-order valence-corrected chi connectivity index (χ4v) is 4.43. The van der Waals surface area contributed by atoms with E-state index in [0.29, 0.717) is 29.8 Å². The molecule has 10 heteroatoms. The van der Waals surface area contributed by atoms with Crippen LogP contribution in [0.4, 0.5) is 0 Å². The number of oxazole rings is 1. The first-order chi connectivity index (χ1) is 13.9. The Balaban J connectivity index is 0.00000320. The van der Waals surface area contributed by atoms with Gasteiger partial charge in [-0.25, -0.2) is 18.4 Å². The van der Waals surface area contributed by atoms with Crippen molar-refractivity contribution >= 4 is 51.1 Å². The quantitative estimate of drug-likeness (QED) is 0.258. The summed E-state index contributed by atoms with van der Waals surface area (Å²) < 4.78 is 29.0. The van der Waals surface area contributed by atoms with E-state index in [9.17, 15) is 8.42 Å². The molecule has 0 atom stereocenters. The van der Waals surface area contributed by atoms with Crippen LogP contribution in [0.3, 0.4) is 0 Å². The van der Waals surface area contributed by atoms with Gasteiger partial charge in [-0.15, -0.1) is 35.3 Å². The normalized spacial score (nSPS) is 11.8. The molecule has 0 aliphatic carbocycles. The van der Waals surface area contributed by atoms with Gasteiger partial charge < -0.3 is 15.1 Å². The molecule has 1 aromatic carbocycles. The zero-order chi connectivity index (χ0) is 20.9. The van der Waals surface area contributed by atoms with Crippen molar-refractivity contribution in [1.82, 2.24) is 15.6 Å². The zero-order valence-corrected chi connectivity index (χ0v) is 21.0. The summed E-state index contributed by atoms with van der Waals surface area (Å²) in [5, 5.41) is 8.42. The van der Waals surface area contributed by atoms with Gasteiger partial charge in [-0.2, -0.15) is 0 Å². The smallest absolute Gasteiger partial charge is 0.236 e. The zero-order valence-electron chi connectivity index (χ0n) is 17.0. The molecule has 0 bridgehead atoms. The number of halogens is 1. The molecule has 2 N–H and O–H groups in total. The SMILES string of the molecule is CCNC(=NCc1ccc(S(C)(=O)=O)c(C)c1)NCc1coc(-c2cccs2)n1.I. The number of nitrogens with zero attached hydrogens (tertiary/aromatic N) is 2. The van der Waals surface area contributed by atoms with E-state index in [1.807, 2.05) is 30.5 Å². The molecule has 3 aromatic rings. The molecule has 2 aromatic heterocycles. The van der Waals surface area contributed by atoms with Crippen molar-refractivity contribution in [3.63, 3.8) is 0 Å². The van der Waals surface area contributed by atoms with E-state index >= 15 is 0 Å². The maximum Gasteiger partial charge on any atom is 0.236 e. The molecule has 0 radical (unpaired) electrons. The first kappa shape index (κ1) is 24.4. The molecule has 0 saturated carbocycles. The van der Waals surface area contributed by atoms with Gasteiger partial charge in [0.05, 0.1) is 28.6 Å². The third-order valence-electron chi connectivity index (χ3n) is 4.12. The van der Waals surface area contributed by atoms with Gasteiger partial charge in [-0.1, -0.05) is 18.2 Å². The third-order valence-corrected chi connectivity index (χ3v) is 6.24. The number of thiophene rings is 1. The maximum atomic E-state index is 11.8. The molecule has 0 aliphatic heterocycles. The minimum atomic E-state index is -3.22. The Morgan fingerprint density at radius 3 is 2.70 bits per heavy atom. The molecule has 162 valence electrons. The van der Waals surface area contributed by atoms with Gasteiger partial charge in [-0.05, 0) is 42.5 Å². The average molecular weight is 560 g/mol. The first-order valence-electron chi connectivity index (χ1n) is 9.17. The number of aliphatic imine (C=N–C) groups is 1. The number of sulfone groups is 1. The molecule has 2 heterocycles. The van der Waals surface area contributed by atoms with Crippen molar-refractivity contribution in [2.45, 2.75) is 31.8 Å². The summed E-state index contributed by atoms with van der Waals surface area (Å²) in [5.74, 6) is 1.26. The van der Waals surface area contributed by atoms with Crippen molar-refractivity contribution < 1.29 is 12.8 Å². The molecular formula is C20H25IN4O3S2. The lowest BCUT2D eigenvalue weighted by Gasteiger charge is -2.10. The third kappa shape index (κ3) is 6.54. The number of hydrogen-bond donors (Lipinski definition) is 2. The highest BCUT2D eigenvalue weighted by Gasteiger charge is 2.11. The van der Waals surface area contributed by atoms with E-state index in [2.05, 4.69) is 20.6 Å². The molecule has 0 saturated heterocycles. The summed E-state index contributed by atoms with van der Waals surface area (Å²) in [6.45, 7) is 5.42. The Morgan fingerprint density at radius 2 is 2.07 bits per heavy atom. The van der Waals surface area contributed by atoms with Crippen molar-refractivity contribution in [1.29, 1.82) is 0 Å². The Morgan fingerprint density at radius 1 is 1.27 bits per heavy atom. The van der Waals surface area contributed by atoms with Crippen LogP contribution >= 0.6 is 35.3 Å². The van der Waals surface area contributed by atoms with Crippen LogP contribution in [0.25, 0.3) is 10.8 Å². The molecule has 7 nitrogen and oxygen atoms in total. The summed E-state index contributed by atoms with van der Waals surface area (Å²) in [4.78, 5) is 10.4. The standard InChI is InChI=1S/C20H24N4O3S2.HI/c1-4-21-20(22-11-15-7-8-18(14(2)10-15)29(3,25)26)23-12-16-13-27-19(24-16)17-6-5-9-28-17;/h5-10,13H,4,11-12H2,1-3H3,(H2,21,22,23);1H. The number of hydrogen-bond acceptors (Lipinski definition) is 6. The van der Waals surface area contributed by atoms with E-state index in [0.717, 1.165) is 28.2 Å². The molecule has 30 heavy (non-hydrogen) atoms. The number of nitrogens with one attached hydrogen (secondary N) is 2. The van der Waals surface area contributed by atoms with E-state index in [1.165, 1.54) is 6.26 Å². The van der Waals surface area contributed by atoms with Crippen LogP contribution in [0.15, 0.2) is 56.3 Å². The van der Waals surface area contributed by atoms with E-state index < -0.39 is 9.84 Å². The lowest BCUT2D eigenvalue weighted by atomic mass is 10.1. The second kappa shape index (κ2) is 10.9. The van der Waals surface area contributed by atoms with Crippen LogP contribution in [0, 0.1) is 6.92 Å². The van der Waals surface area contributed by atoms with Gasteiger partial charge in [0, 0.05) is 12.8 Å². The minimum absolute atomic E-state index is 0. The Bertz CT molecular complexity index is 1090. The van der Waals surface area contributed by atoms with Crippen LogP contribution in [0.2, 0.25) is 0 Å². The number of aromatic nitrogens is 1. The molecule has 0 aliphatic rings. The molecule has 0 amide bonds. The molecular weight excluding hydrogens is 535 g/mol. The minimum Gasteiger partial charge on any atom is -0.443 e. The predicted octanol–water partition coefficient (Wildman–Crippen LogP) is 3.99. The number of guanidine groups is 1. The number of benzene rings is 1. The molecule has 0 unspecified atom stereocenters. The molecule has 0 fully saturated rings. The highest BCUT2D eigenvalue weighted by Crippen LogP contribution is 2.23. The fraction of sp³-hybridized carbons (Fsp3) is 0.300. The summed E-state index contributed by atoms with van der Waals surface area (Å²) in [6.07, 6.45) is 2.85. The van der Waals surface area contributed by atoms with E-state index in [4.69, 9.17) is 4.42 Å². The van der Waals surface area contributed by atoms with Gasteiger partial charge in [0.25, 0.3) is 0 Å². The molecule has 3 rings (SSSR count). The Hall–Kier alpha value is -1.92. The largest absolute Gasteiger partial charge is 0.443 e. The first-order valence-corrected chi connectivity index (χ1v) is 11.9. The second-order valence-electron chi connectivity index (χ2n) is 6.54. The summed E-state index contributed by atoms with van der Waals surface area (Å²) in [7, 11) is -3.22. The Labute approximate surface area is 198 Å². The molecule has 0 spiro atoms. The maximum absolute atomic E-state index is 11.8. The lowest BCUT2D eigenvalue weighted by molar-refractivity contribution is 0.573. The number of rotatable bonds is 7. The van der Waals surface area contributed by atoms with Gasteiger partial charge in [-0.3, -0.25) is 0 Å². The van der Waals surface area contributed by atoms with Crippen LogP contribution in [-0.4, -0.2) is 32.2 Å². The second-order valence-corrected chi connectivity index (χ2v) is 9.47. The van der Waals surface area contributed by atoms with Gasteiger partial charge >= 0.3 is 0 Å². The topological polar surface area (TPSA) is 96.6 Å². The number of aryl methyl sites for hydroxylation is 1. The van der Waals surface area contributed by atoms with Crippen molar-refractivity contribution in [2.24, 2.45) is 4.99 Å². The van der Waals surface area contributed by atoms with E-state index in [1.54, 1.807) is 36.7 Å². The van der Waals surface area contributed by atoms with Crippen LogP contribution in [0.5, 0.6) is 0 Å². The summed E-state index contributed by atoms with van der Waals surface area (Å²) in [6, 6.07) is 9.21. The van der Waals surface area contributed by atoms with Crippen molar-refractivity contribution in [3.8, 4) is 10.8 Å².